The minimum Gasteiger partial charge on any atom is -0.504 e. The molecule has 8 heteroatoms. The number of ketones is 1. The first-order valence-electron chi connectivity index (χ1n) is 9.45. The summed E-state index contributed by atoms with van der Waals surface area (Å²) in [7, 11) is 0. The Morgan fingerprint density at radius 1 is 1.21 bits per heavy atom. The normalized spacial score (nSPS) is 15.0. The van der Waals surface area contributed by atoms with E-state index in [-0.39, 0.29) is 29.7 Å². The van der Waals surface area contributed by atoms with Crippen molar-refractivity contribution in [2.45, 2.75) is 46.0 Å². The third-order valence-electron chi connectivity index (χ3n) is 4.92. The van der Waals surface area contributed by atoms with Crippen LogP contribution in [0, 0.1) is 17.8 Å². The van der Waals surface area contributed by atoms with Gasteiger partial charge in [-0.3, -0.25) is 9.59 Å². The van der Waals surface area contributed by atoms with E-state index in [1.165, 1.54) is 0 Å². The van der Waals surface area contributed by atoms with Crippen molar-refractivity contribution in [3.05, 3.63) is 17.7 Å². The summed E-state index contributed by atoms with van der Waals surface area (Å²) < 4.78 is 4.37. The molecule has 1 aromatic carbocycles. The molecule has 1 saturated carbocycles. The fourth-order valence-electron chi connectivity index (χ4n) is 3.32. The Morgan fingerprint density at radius 2 is 1.89 bits per heavy atom. The fraction of sp³-hybridized carbons (Fsp3) is 0.550. The second-order valence-electron chi connectivity index (χ2n) is 7.71. The highest BCUT2D eigenvalue weighted by molar-refractivity contribution is 5.95. The minimum absolute atomic E-state index is 0.00231. The lowest BCUT2D eigenvalue weighted by Crippen LogP contribution is -2.33. The number of ether oxygens (including phenoxy) is 1. The molecule has 1 aliphatic carbocycles. The number of nitrogens with one attached hydrogen (secondary N) is 1. The average Bonchev–Trinajstić information content (AvgIpc) is 2.53. The predicted octanol–water partition coefficient (Wildman–Crippen LogP) is 3.31. The summed E-state index contributed by atoms with van der Waals surface area (Å²) in [6, 6.07) is 2.06. The lowest BCUT2D eigenvalue weighted by Gasteiger charge is -2.27. The van der Waals surface area contributed by atoms with Crippen LogP contribution in [0.4, 0.5) is 4.79 Å². The number of aromatic hydroxyl groups is 2. The summed E-state index contributed by atoms with van der Waals surface area (Å²) in [6.45, 7) is 4.39. The zero-order valence-corrected chi connectivity index (χ0v) is 16.1. The Labute approximate surface area is 163 Å². The number of carbonyl (C=O) groups excluding carboxylic acids is 2. The van der Waals surface area contributed by atoms with E-state index in [4.69, 9.17) is 5.11 Å². The first kappa shape index (κ1) is 21.5. The van der Waals surface area contributed by atoms with Gasteiger partial charge in [0.2, 0.25) is 5.75 Å². The number of rotatable bonds is 9. The van der Waals surface area contributed by atoms with Gasteiger partial charge >= 0.3 is 6.16 Å². The van der Waals surface area contributed by atoms with E-state index in [2.05, 4.69) is 23.9 Å². The molecular weight excluding hydrogens is 366 g/mol. The highest BCUT2D eigenvalue weighted by Crippen LogP contribution is 2.36. The zero-order valence-electron chi connectivity index (χ0n) is 16.1. The van der Waals surface area contributed by atoms with Crippen LogP contribution in [-0.4, -0.2) is 39.7 Å². The monoisotopic (exact) mass is 393 g/mol. The Hall–Kier alpha value is -2.77. The number of Topliss-reactive ketones (excluding diaryl/α,β-unsaturated/α-hetero) is 1. The molecule has 0 radical (unpaired) electrons. The van der Waals surface area contributed by atoms with Crippen LogP contribution in [0.1, 0.15) is 56.3 Å². The highest BCUT2D eigenvalue weighted by Gasteiger charge is 2.27. The van der Waals surface area contributed by atoms with Crippen molar-refractivity contribution >= 4 is 17.8 Å². The van der Waals surface area contributed by atoms with E-state index in [9.17, 15) is 24.6 Å². The summed E-state index contributed by atoms with van der Waals surface area (Å²) in [6.07, 6.45) is 2.49. The molecule has 0 saturated heterocycles. The molecule has 1 aliphatic rings. The molecule has 4 N–H and O–H groups in total. The molecule has 28 heavy (non-hydrogen) atoms. The summed E-state index contributed by atoms with van der Waals surface area (Å²) >= 11 is 0. The van der Waals surface area contributed by atoms with E-state index < -0.39 is 29.3 Å². The highest BCUT2D eigenvalue weighted by atomic mass is 16.7. The van der Waals surface area contributed by atoms with Gasteiger partial charge in [0.1, 0.15) is 5.78 Å². The number of carboxylic acid groups (broad SMARTS) is 1. The zero-order chi connectivity index (χ0) is 20.8. The van der Waals surface area contributed by atoms with Crippen LogP contribution < -0.4 is 10.1 Å². The van der Waals surface area contributed by atoms with Crippen LogP contribution in [0.25, 0.3) is 0 Å². The van der Waals surface area contributed by atoms with Crippen molar-refractivity contribution in [1.82, 2.24) is 5.32 Å². The maximum Gasteiger partial charge on any atom is 0.511 e. The van der Waals surface area contributed by atoms with Gasteiger partial charge in [0.25, 0.3) is 5.91 Å². The molecule has 1 fully saturated rings. The summed E-state index contributed by atoms with van der Waals surface area (Å²) in [5.41, 5.74) is -0.0554. The predicted molar refractivity (Wildman–Crippen MR) is 101 cm³/mol. The van der Waals surface area contributed by atoms with E-state index >= 15 is 0 Å². The van der Waals surface area contributed by atoms with Crippen molar-refractivity contribution in [2.24, 2.45) is 17.8 Å². The number of hydrogen-bond acceptors (Lipinski definition) is 6. The van der Waals surface area contributed by atoms with Crippen LogP contribution in [0.15, 0.2) is 12.1 Å². The minimum atomic E-state index is -1.68. The van der Waals surface area contributed by atoms with Crippen molar-refractivity contribution in [3.63, 3.8) is 0 Å². The molecule has 154 valence electrons. The van der Waals surface area contributed by atoms with Gasteiger partial charge in [-0.2, -0.15) is 0 Å². The quantitative estimate of drug-likeness (QED) is 0.287. The van der Waals surface area contributed by atoms with Crippen LogP contribution in [0.5, 0.6) is 17.2 Å². The van der Waals surface area contributed by atoms with Gasteiger partial charge in [-0.05, 0) is 43.2 Å². The molecule has 8 nitrogen and oxygen atoms in total. The van der Waals surface area contributed by atoms with Crippen molar-refractivity contribution < 1.29 is 34.4 Å². The number of phenolic OH excluding ortho intramolecular Hbond substituents is 2. The second kappa shape index (κ2) is 9.43. The van der Waals surface area contributed by atoms with Crippen molar-refractivity contribution in [1.29, 1.82) is 0 Å². The molecule has 0 heterocycles. The molecule has 0 aliphatic heterocycles. The van der Waals surface area contributed by atoms with Crippen molar-refractivity contribution in [3.8, 4) is 17.2 Å². The standard InChI is InChI=1S/C20H27NO7/c1-11(2)6-12(7-15(22)13-4-3-5-13)10-21-19(25)14-8-16(23)18(24)17(9-14)28-20(26)27/h8-9,11-13,23-24H,3-7,10H2,1-2H3,(H,21,25)(H,26,27)/t12-/m0/s1. The molecule has 0 unspecified atom stereocenters. The number of phenols is 2. The Bertz CT molecular complexity index is 740. The maximum absolute atomic E-state index is 12.4. The smallest absolute Gasteiger partial charge is 0.504 e. The number of hydrogen-bond donors (Lipinski definition) is 4. The van der Waals surface area contributed by atoms with Gasteiger partial charge in [-0.15, -0.1) is 0 Å². The number of carbonyl (C=O) groups is 3. The Balaban J connectivity index is 2.03. The maximum atomic E-state index is 12.4. The van der Waals surface area contributed by atoms with Gasteiger partial charge in [0, 0.05) is 24.4 Å². The largest absolute Gasteiger partial charge is 0.511 e. The van der Waals surface area contributed by atoms with Crippen LogP contribution in [0.2, 0.25) is 0 Å². The topological polar surface area (TPSA) is 133 Å². The van der Waals surface area contributed by atoms with Gasteiger partial charge in [-0.1, -0.05) is 20.3 Å². The van der Waals surface area contributed by atoms with Crippen molar-refractivity contribution in [2.75, 3.05) is 6.54 Å². The first-order chi connectivity index (χ1) is 13.2. The van der Waals surface area contributed by atoms with Gasteiger partial charge in [-0.25, -0.2) is 4.79 Å². The van der Waals surface area contributed by atoms with E-state index in [1.54, 1.807) is 0 Å². The van der Waals surface area contributed by atoms with Gasteiger partial charge < -0.3 is 25.4 Å². The molecule has 0 aromatic heterocycles. The number of amides is 1. The molecule has 1 atom stereocenters. The second-order valence-corrected chi connectivity index (χ2v) is 7.71. The molecule has 1 amide bonds. The number of benzene rings is 1. The van der Waals surface area contributed by atoms with E-state index in [0.717, 1.165) is 37.8 Å². The Kier molecular flexibility index (Phi) is 7.25. The van der Waals surface area contributed by atoms with Crippen LogP contribution in [-0.2, 0) is 4.79 Å². The molecule has 2 rings (SSSR count). The molecule has 1 aromatic rings. The molecule has 0 bridgehead atoms. The fourth-order valence-corrected chi connectivity index (χ4v) is 3.32. The van der Waals surface area contributed by atoms with Crippen LogP contribution in [0.3, 0.4) is 0 Å². The third kappa shape index (κ3) is 5.87. The summed E-state index contributed by atoms with van der Waals surface area (Å²) in [4.78, 5) is 35.4. The van der Waals surface area contributed by atoms with Gasteiger partial charge in [0.05, 0.1) is 0 Å². The summed E-state index contributed by atoms with van der Waals surface area (Å²) in [5, 5.41) is 30.8. The lowest BCUT2D eigenvalue weighted by molar-refractivity contribution is -0.126. The molecule has 0 spiro atoms. The average molecular weight is 393 g/mol. The first-order valence-corrected chi connectivity index (χ1v) is 9.45. The SMILES string of the molecule is CC(C)C[C@H](CNC(=O)c1cc(O)c(O)c(OC(=O)O)c1)CC(=O)C1CCC1. The van der Waals surface area contributed by atoms with Gasteiger partial charge in [0.15, 0.2) is 11.5 Å². The third-order valence-corrected chi connectivity index (χ3v) is 4.92. The Morgan fingerprint density at radius 3 is 2.43 bits per heavy atom. The van der Waals surface area contributed by atoms with E-state index in [1.807, 2.05) is 0 Å². The summed E-state index contributed by atoms with van der Waals surface area (Å²) in [5.74, 6) is -1.76. The van der Waals surface area contributed by atoms with Crippen LogP contribution >= 0.6 is 0 Å². The molecular formula is C20H27NO7. The lowest BCUT2D eigenvalue weighted by atomic mass is 9.78. The van der Waals surface area contributed by atoms with E-state index in [0.29, 0.717) is 12.3 Å².